The third-order valence-electron chi connectivity index (χ3n) is 3.68. The van der Waals surface area contributed by atoms with Gasteiger partial charge in [-0.05, 0) is 42.7 Å². The van der Waals surface area contributed by atoms with Gasteiger partial charge in [-0.1, -0.05) is 15.9 Å². The highest BCUT2D eigenvalue weighted by atomic mass is 79.9. The molecule has 0 atom stereocenters. The lowest BCUT2D eigenvalue weighted by atomic mass is 9.94. The largest absolute Gasteiger partial charge is 0.308 e. The van der Waals surface area contributed by atoms with Crippen molar-refractivity contribution in [2.75, 3.05) is 0 Å². The molecule has 0 N–H and O–H groups in total. The molecule has 3 rings (SSSR count). The molecule has 0 aliphatic heterocycles. The number of ketones is 1. The summed E-state index contributed by atoms with van der Waals surface area (Å²) >= 11 is 3.25. The number of nitrogens with zero attached hydrogens (tertiary/aromatic N) is 1. The Labute approximate surface area is 129 Å². The zero-order valence-corrected chi connectivity index (χ0v) is 12.8. The SMILES string of the molecule is O=C1CCCc2c1ccc(=O)n2Cc1cc(F)cc(Br)c1. The summed E-state index contributed by atoms with van der Waals surface area (Å²) in [4.78, 5) is 24.0. The van der Waals surface area contributed by atoms with Gasteiger partial charge in [0.25, 0.3) is 5.56 Å². The van der Waals surface area contributed by atoms with Gasteiger partial charge < -0.3 is 4.57 Å². The third kappa shape index (κ3) is 2.83. The Morgan fingerprint density at radius 1 is 1.14 bits per heavy atom. The number of hydrogen-bond acceptors (Lipinski definition) is 2. The van der Waals surface area contributed by atoms with Crippen molar-refractivity contribution in [2.45, 2.75) is 25.8 Å². The molecule has 1 heterocycles. The summed E-state index contributed by atoms with van der Waals surface area (Å²) in [5, 5.41) is 0. The van der Waals surface area contributed by atoms with Gasteiger partial charge in [-0.15, -0.1) is 0 Å². The first-order valence-electron chi connectivity index (χ1n) is 6.75. The maximum atomic E-state index is 13.5. The van der Waals surface area contributed by atoms with Crippen molar-refractivity contribution in [3.63, 3.8) is 0 Å². The van der Waals surface area contributed by atoms with Crippen molar-refractivity contribution in [3.05, 3.63) is 67.8 Å². The zero-order chi connectivity index (χ0) is 15.0. The molecule has 0 saturated heterocycles. The molecule has 1 aliphatic carbocycles. The minimum Gasteiger partial charge on any atom is -0.308 e. The lowest BCUT2D eigenvalue weighted by molar-refractivity contribution is 0.0970. The lowest BCUT2D eigenvalue weighted by Crippen LogP contribution is -2.28. The highest BCUT2D eigenvalue weighted by Gasteiger charge is 2.20. The first-order chi connectivity index (χ1) is 10.0. The molecule has 0 fully saturated rings. The van der Waals surface area contributed by atoms with E-state index in [1.54, 1.807) is 16.7 Å². The average molecular weight is 350 g/mol. The second-order valence-corrected chi connectivity index (χ2v) is 6.09. The predicted octanol–water partition coefficient (Wildman–Crippen LogP) is 3.32. The van der Waals surface area contributed by atoms with Crippen LogP contribution in [0.25, 0.3) is 0 Å². The van der Waals surface area contributed by atoms with Gasteiger partial charge in [0.15, 0.2) is 5.78 Å². The van der Waals surface area contributed by atoms with E-state index in [1.165, 1.54) is 18.2 Å². The minimum atomic E-state index is -0.353. The Hall–Kier alpha value is -1.75. The molecule has 0 radical (unpaired) electrons. The van der Waals surface area contributed by atoms with Crippen LogP contribution in [0.4, 0.5) is 4.39 Å². The van der Waals surface area contributed by atoms with Crippen LogP contribution in [0.15, 0.2) is 39.6 Å². The molecule has 1 aliphatic rings. The smallest absolute Gasteiger partial charge is 0.251 e. The van der Waals surface area contributed by atoms with E-state index in [2.05, 4.69) is 15.9 Å². The molecule has 3 nitrogen and oxygen atoms in total. The number of halogens is 2. The summed E-state index contributed by atoms with van der Waals surface area (Å²) in [6, 6.07) is 7.57. The van der Waals surface area contributed by atoms with Crippen LogP contribution >= 0.6 is 15.9 Å². The molecule has 21 heavy (non-hydrogen) atoms. The van der Waals surface area contributed by atoms with Crippen LogP contribution in [0.3, 0.4) is 0 Å². The molecule has 0 saturated carbocycles. The fourth-order valence-corrected chi connectivity index (χ4v) is 3.26. The molecule has 2 aromatic rings. The second kappa shape index (κ2) is 5.56. The fraction of sp³-hybridized carbons (Fsp3) is 0.250. The third-order valence-corrected chi connectivity index (χ3v) is 4.13. The van der Waals surface area contributed by atoms with E-state index in [0.717, 1.165) is 12.1 Å². The average Bonchev–Trinajstić information content (AvgIpc) is 2.41. The number of carbonyl (C=O) groups excluding carboxylic acids is 1. The van der Waals surface area contributed by atoms with E-state index in [0.29, 0.717) is 28.4 Å². The van der Waals surface area contributed by atoms with E-state index in [4.69, 9.17) is 0 Å². The fourth-order valence-electron chi connectivity index (χ4n) is 2.75. The Balaban J connectivity index is 2.08. The van der Waals surface area contributed by atoms with Crippen molar-refractivity contribution in [2.24, 2.45) is 0 Å². The zero-order valence-electron chi connectivity index (χ0n) is 11.2. The number of rotatable bonds is 2. The van der Waals surface area contributed by atoms with Gasteiger partial charge in [0.05, 0.1) is 6.54 Å². The van der Waals surface area contributed by atoms with Crippen LogP contribution in [0, 0.1) is 5.82 Å². The Kier molecular flexibility index (Phi) is 3.76. The Morgan fingerprint density at radius 2 is 1.95 bits per heavy atom. The van der Waals surface area contributed by atoms with Crippen LogP contribution in [0.1, 0.15) is 34.5 Å². The number of fused-ring (bicyclic) bond motifs is 1. The summed E-state index contributed by atoms with van der Waals surface area (Å²) in [5.74, 6) is -0.279. The van der Waals surface area contributed by atoms with Crippen molar-refractivity contribution in [1.82, 2.24) is 4.57 Å². The van der Waals surface area contributed by atoms with Gasteiger partial charge in [-0.25, -0.2) is 4.39 Å². The number of Topliss-reactive ketones (excluding diaryl/α,β-unsaturated/α-hetero) is 1. The Morgan fingerprint density at radius 3 is 2.71 bits per heavy atom. The molecule has 0 spiro atoms. The molecule has 0 bridgehead atoms. The van der Waals surface area contributed by atoms with E-state index < -0.39 is 0 Å². The predicted molar refractivity (Wildman–Crippen MR) is 81.2 cm³/mol. The highest BCUT2D eigenvalue weighted by molar-refractivity contribution is 9.10. The van der Waals surface area contributed by atoms with E-state index in [-0.39, 0.29) is 23.7 Å². The summed E-state index contributed by atoms with van der Waals surface area (Å²) in [6.07, 6.45) is 1.98. The molecule has 1 aromatic heterocycles. The van der Waals surface area contributed by atoms with Crippen molar-refractivity contribution < 1.29 is 9.18 Å². The first kappa shape index (κ1) is 14.2. The van der Waals surface area contributed by atoms with Crippen molar-refractivity contribution in [1.29, 1.82) is 0 Å². The van der Waals surface area contributed by atoms with Gasteiger partial charge >= 0.3 is 0 Å². The quantitative estimate of drug-likeness (QED) is 0.834. The lowest BCUT2D eigenvalue weighted by Gasteiger charge is -2.20. The van der Waals surface area contributed by atoms with Crippen molar-refractivity contribution in [3.8, 4) is 0 Å². The van der Waals surface area contributed by atoms with E-state index in [1.807, 2.05) is 0 Å². The molecule has 5 heteroatoms. The van der Waals surface area contributed by atoms with Crippen LogP contribution in [-0.4, -0.2) is 10.4 Å². The van der Waals surface area contributed by atoms with Gasteiger partial charge in [-0.2, -0.15) is 0 Å². The van der Waals surface area contributed by atoms with Gasteiger partial charge in [0.2, 0.25) is 0 Å². The summed E-state index contributed by atoms with van der Waals surface area (Å²) in [6.45, 7) is 0.269. The monoisotopic (exact) mass is 349 g/mol. The molecule has 1 aromatic carbocycles. The molecule has 108 valence electrons. The normalized spacial score (nSPS) is 14.1. The van der Waals surface area contributed by atoms with E-state index >= 15 is 0 Å². The number of benzene rings is 1. The number of pyridine rings is 1. The Bertz CT molecular complexity index is 762. The molecule has 0 amide bonds. The molecule has 0 unspecified atom stereocenters. The minimum absolute atomic E-state index is 0.0745. The maximum absolute atomic E-state index is 13.5. The van der Waals surface area contributed by atoms with Gasteiger partial charge in [-0.3, -0.25) is 9.59 Å². The van der Waals surface area contributed by atoms with E-state index in [9.17, 15) is 14.0 Å². The topological polar surface area (TPSA) is 39.1 Å². The summed E-state index contributed by atoms with van der Waals surface area (Å²) in [7, 11) is 0. The van der Waals surface area contributed by atoms with Gasteiger partial charge in [0, 0.05) is 28.2 Å². The standard InChI is InChI=1S/C16H13BrFNO2/c17-11-6-10(7-12(18)8-11)9-19-14-2-1-3-15(20)13(14)4-5-16(19)21/h4-8H,1-3,9H2. The van der Waals surface area contributed by atoms with Gasteiger partial charge in [0.1, 0.15) is 5.82 Å². The molecular weight excluding hydrogens is 337 g/mol. The number of carbonyl (C=O) groups is 1. The highest BCUT2D eigenvalue weighted by Crippen LogP contribution is 2.21. The van der Waals surface area contributed by atoms with Crippen LogP contribution in [0.5, 0.6) is 0 Å². The summed E-state index contributed by atoms with van der Waals surface area (Å²) < 4.78 is 15.7. The van der Waals surface area contributed by atoms with Crippen molar-refractivity contribution >= 4 is 21.7 Å². The summed E-state index contributed by atoms with van der Waals surface area (Å²) in [5.41, 5.74) is 1.91. The van der Waals surface area contributed by atoms with Crippen LogP contribution in [0.2, 0.25) is 0 Å². The number of aromatic nitrogens is 1. The second-order valence-electron chi connectivity index (χ2n) is 5.17. The number of hydrogen-bond donors (Lipinski definition) is 0. The van der Waals surface area contributed by atoms with Crippen LogP contribution < -0.4 is 5.56 Å². The molecular formula is C16H13BrFNO2. The maximum Gasteiger partial charge on any atom is 0.251 e. The first-order valence-corrected chi connectivity index (χ1v) is 7.55. The van der Waals surface area contributed by atoms with Crippen LogP contribution in [-0.2, 0) is 13.0 Å².